The Morgan fingerprint density at radius 3 is 2.57 bits per heavy atom. The molecule has 0 spiro atoms. The number of rotatable bonds is 4. The summed E-state index contributed by atoms with van der Waals surface area (Å²) in [5.41, 5.74) is 1.28. The summed E-state index contributed by atoms with van der Waals surface area (Å²) < 4.78 is 40.7. The smallest absolute Gasteiger partial charge is 0.194 e. The fourth-order valence-electron chi connectivity index (χ4n) is 2.89. The molecular formula is C17H22F3N. The van der Waals surface area contributed by atoms with E-state index >= 15 is 0 Å². The first-order chi connectivity index (χ1) is 10.1. The molecule has 1 aromatic carbocycles. The maximum absolute atomic E-state index is 14.1. The van der Waals surface area contributed by atoms with Crippen LogP contribution in [0, 0.1) is 17.5 Å². The van der Waals surface area contributed by atoms with Gasteiger partial charge >= 0.3 is 0 Å². The van der Waals surface area contributed by atoms with Crippen LogP contribution in [0.5, 0.6) is 0 Å². The molecular weight excluding hydrogens is 275 g/mol. The van der Waals surface area contributed by atoms with Gasteiger partial charge in [-0.25, -0.2) is 13.2 Å². The van der Waals surface area contributed by atoms with Crippen LogP contribution in [-0.2, 0) is 0 Å². The standard InChI is InChI=1S/C17H22F3N/c1-2-21-17(12-8-6-4-3-5-7-9-12)13-10-11-14(18)16(20)15(13)19/h8,10-11,17,21H,2-7,9H2,1H3/b12-8+. The summed E-state index contributed by atoms with van der Waals surface area (Å²) in [6.07, 6.45) is 8.53. The van der Waals surface area contributed by atoms with Crippen molar-refractivity contribution in [1.29, 1.82) is 0 Å². The molecule has 0 aromatic heterocycles. The monoisotopic (exact) mass is 297 g/mol. The van der Waals surface area contributed by atoms with Crippen molar-refractivity contribution in [2.24, 2.45) is 0 Å². The summed E-state index contributed by atoms with van der Waals surface area (Å²) in [6.45, 7) is 2.56. The second-order valence-electron chi connectivity index (χ2n) is 5.49. The Bertz CT molecular complexity index is 511. The normalized spacial score (nSPS) is 20.3. The Morgan fingerprint density at radius 1 is 1.05 bits per heavy atom. The second kappa shape index (κ2) is 7.64. The SMILES string of the molecule is CCNC(/C1=C/CCCCCC1)c1ccc(F)c(F)c1F. The average molecular weight is 297 g/mol. The lowest BCUT2D eigenvalue weighted by Crippen LogP contribution is -2.24. The van der Waals surface area contributed by atoms with Crippen molar-refractivity contribution in [1.82, 2.24) is 5.32 Å². The predicted molar refractivity (Wildman–Crippen MR) is 78.5 cm³/mol. The minimum Gasteiger partial charge on any atom is -0.307 e. The van der Waals surface area contributed by atoms with Gasteiger partial charge in [-0.15, -0.1) is 0 Å². The highest BCUT2D eigenvalue weighted by Gasteiger charge is 2.23. The Labute approximate surface area is 124 Å². The Hall–Kier alpha value is -1.29. The van der Waals surface area contributed by atoms with E-state index in [4.69, 9.17) is 0 Å². The largest absolute Gasteiger partial charge is 0.307 e. The molecule has 1 nitrogen and oxygen atoms in total. The quantitative estimate of drug-likeness (QED) is 0.607. The van der Waals surface area contributed by atoms with Crippen molar-refractivity contribution in [3.05, 3.63) is 46.8 Å². The van der Waals surface area contributed by atoms with Crippen LogP contribution < -0.4 is 5.32 Å². The van der Waals surface area contributed by atoms with Crippen LogP contribution in [0.2, 0.25) is 0 Å². The summed E-state index contributed by atoms with van der Waals surface area (Å²) in [5.74, 6) is -3.61. The molecule has 21 heavy (non-hydrogen) atoms. The molecule has 0 radical (unpaired) electrons. The third-order valence-electron chi connectivity index (χ3n) is 3.98. The number of benzene rings is 1. The number of nitrogens with one attached hydrogen (secondary N) is 1. The highest BCUT2D eigenvalue weighted by Crippen LogP contribution is 2.31. The maximum Gasteiger partial charge on any atom is 0.194 e. The van der Waals surface area contributed by atoms with Crippen molar-refractivity contribution in [2.45, 2.75) is 51.5 Å². The first-order valence-electron chi connectivity index (χ1n) is 7.70. The summed E-state index contributed by atoms with van der Waals surface area (Å²) >= 11 is 0. The van der Waals surface area contributed by atoms with Gasteiger partial charge in [0.1, 0.15) is 0 Å². The molecule has 0 heterocycles. The molecule has 0 bridgehead atoms. The van der Waals surface area contributed by atoms with Crippen LogP contribution >= 0.6 is 0 Å². The molecule has 0 aliphatic heterocycles. The molecule has 2 rings (SSSR count). The van der Waals surface area contributed by atoms with E-state index in [0.717, 1.165) is 43.7 Å². The summed E-state index contributed by atoms with van der Waals surface area (Å²) in [4.78, 5) is 0. The molecule has 0 amide bonds. The lowest BCUT2D eigenvalue weighted by molar-refractivity contribution is 0.430. The Kier molecular flexibility index (Phi) is 5.85. The minimum atomic E-state index is -1.39. The van der Waals surface area contributed by atoms with Crippen LogP contribution in [0.25, 0.3) is 0 Å². The topological polar surface area (TPSA) is 12.0 Å². The van der Waals surface area contributed by atoms with Crippen molar-refractivity contribution in [3.63, 3.8) is 0 Å². The van der Waals surface area contributed by atoms with Gasteiger partial charge in [-0.3, -0.25) is 0 Å². The van der Waals surface area contributed by atoms with Gasteiger partial charge < -0.3 is 5.32 Å². The van der Waals surface area contributed by atoms with Crippen LogP contribution in [-0.4, -0.2) is 6.54 Å². The third-order valence-corrected chi connectivity index (χ3v) is 3.98. The molecule has 1 aliphatic rings. The molecule has 1 aromatic rings. The fourth-order valence-corrected chi connectivity index (χ4v) is 2.89. The average Bonchev–Trinajstić information content (AvgIpc) is 2.43. The van der Waals surface area contributed by atoms with Crippen LogP contribution in [0.4, 0.5) is 13.2 Å². The number of allylic oxidation sites excluding steroid dienone is 1. The van der Waals surface area contributed by atoms with Gasteiger partial charge in [-0.2, -0.15) is 0 Å². The van der Waals surface area contributed by atoms with E-state index in [1.54, 1.807) is 0 Å². The van der Waals surface area contributed by atoms with E-state index < -0.39 is 17.5 Å². The van der Waals surface area contributed by atoms with E-state index in [2.05, 4.69) is 11.4 Å². The first kappa shape index (κ1) is 16.1. The van der Waals surface area contributed by atoms with Crippen molar-refractivity contribution >= 4 is 0 Å². The minimum absolute atomic E-state index is 0.197. The zero-order chi connectivity index (χ0) is 15.2. The summed E-state index contributed by atoms with van der Waals surface area (Å²) in [7, 11) is 0. The molecule has 116 valence electrons. The van der Waals surface area contributed by atoms with Gasteiger partial charge in [-0.05, 0) is 38.3 Å². The number of halogens is 3. The summed E-state index contributed by atoms with van der Waals surface area (Å²) in [5, 5.41) is 3.21. The lowest BCUT2D eigenvalue weighted by atomic mass is 9.90. The van der Waals surface area contributed by atoms with Gasteiger partial charge in [0.15, 0.2) is 17.5 Å². The number of hydrogen-bond donors (Lipinski definition) is 1. The second-order valence-corrected chi connectivity index (χ2v) is 5.49. The molecule has 1 N–H and O–H groups in total. The van der Waals surface area contributed by atoms with Crippen LogP contribution in [0.1, 0.15) is 57.1 Å². The third kappa shape index (κ3) is 3.88. The maximum atomic E-state index is 14.1. The molecule has 1 aliphatic carbocycles. The van der Waals surface area contributed by atoms with Gasteiger partial charge in [0, 0.05) is 5.56 Å². The molecule has 1 atom stereocenters. The highest BCUT2D eigenvalue weighted by atomic mass is 19.2. The van der Waals surface area contributed by atoms with E-state index in [-0.39, 0.29) is 11.6 Å². The van der Waals surface area contributed by atoms with E-state index in [1.807, 2.05) is 6.92 Å². The van der Waals surface area contributed by atoms with Crippen LogP contribution in [0.15, 0.2) is 23.8 Å². The molecule has 0 saturated carbocycles. The van der Waals surface area contributed by atoms with Crippen molar-refractivity contribution < 1.29 is 13.2 Å². The van der Waals surface area contributed by atoms with Gasteiger partial charge in [0.25, 0.3) is 0 Å². The lowest BCUT2D eigenvalue weighted by Gasteiger charge is -2.24. The van der Waals surface area contributed by atoms with Gasteiger partial charge in [0.05, 0.1) is 6.04 Å². The van der Waals surface area contributed by atoms with Gasteiger partial charge in [0.2, 0.25) is 0 Å². The molecule has 0 saturated heterocycles. The molecule has 4 heteroatoms. The van der Waals surface area contributed by atoms with Crippen LogP contribution in [0.3, 0.4) is 0 Å². The van der Waals surface area contributed by atoms with E-state index in [1.165, 1.54) is 12.5 Å². The zero-order valence-electron chi connectivity index (χ0n) is 12.4. The predicted octanol–water partition coefficient (Wildman–Crippen LogP) is 5.04. The Balaban J connectivity index is 2.36. The summed E-state index contributed by atoms with van der Waals surface area (Å²) in [6, 6.07) is 1.98. The first-order valence-corrected chi connectivity index (χ1v) is 7.70. The van der Waals surface area contributed by atoms with E-state index in [0.29, 0.717) is 6.54 Å². The van der Waals surface area contributed by atoms with E-state index in [9.17, 15) is 13.2 Å². The van der Waals surface area contributed by atoms with Crippen molar-refractivity contribution in [2.75, 3.05) is 6.54 Å². The number of likely N-dealkylation sites (N-methyl/N-ethyl adjacent to an activating group) is 1. The molecule has 0 fully saturated rings. The van der Waals surface area contributed by atoms with Gasteiger partial charge in [-0.1, -0.05) is 37.5 Å². The Morgan fingerprint density at radius 2 is 1.81 bits per heavy atom. The zero-order valence-corrected chi connectivity index (χ0v) is 12.4. The highest BCUT2D eigenvalue weighted by molar-refractivity contribution is 5.31. The molecule has 1 unspecified atom stereocenters. The van der Waals surface area contributed by atoms with Crippen molar-refractivity contribution in [3.8, 4) is 0 Å². The fraction of sp³-hybridized carbons (Fsp3) is 0.529. The number of hydrogen-bond acceptors (Lipinski definition) is 1.